The summed E-state index contributed by atoms with van der Waals surface area (Å²) in [4.78, 5) is 0. The molecular weight excluding hydrogens is 407 g/mol. The summed E-state index contributed by atoms with van der Waals surface area (Å²) < 4.78 is 19.3. The van der Waals surface area contributed by atoms with Gasteiger partial charge < -0.3 is 4.74 Å². The van der Waals surface area contributed by atoms with Crippen LogP contribution in [0.4, 0.5) is 4.39 Å². The Hall–Kier alpha value is -3.39. The predicted octanol–water partition coefficient (Wildman–Crippen LogP) is 8.02. The van der Waals surface area contributed by atoms with E-state index >= 15 is 0 Å². The van der Waals surface area contributed by atoms with Crippen molar-refractivity contribution in [2.24, 2.45) is 0 Å². The van der Waals surface area contributed by atoms with E-state index in [9.17, 15) is 4.39 Å². The van der Waals surface area contributed by atoms with E-state index in [0.29, 0.717) is 18.3 Å². The van der Waals surface area contributed by atoms with Gasteiger partial charge in [-0.25, -0.2) is 4.39 Å². The first-order valence-electron chi connectivity index (χ1n) is 11.8. The fourth-order valence-electron chi connectivity index (χ4n) is 4.21. The number of halogens is 1. The van der Waals surface area contributed by atoms with Crippen LogP contribution < -0.4 is 4.74 Å². The molecule has 4 aromatic rings. The molecule has 0 amide bonds. The van der Waals surface area contributed by atoms with E-state index in [-0.39, 0.29) is 5.82 Å². The molecule has 0 saturated carbocycles. The fourth-order valence-corrected chi connectivity index (χ4v) is 4.21. The lowest BCUT2D eigenvalue weighted by atomic mass is 9.93. The molecule has 4 rings (SSSR count). The van der Waals surface area contributed by atoms with Crippen LogP contribution in [0.15, 0.2) is 97.1 Å². The molecule has 33 heavy (non-hydrogen) atoms. The molecule has 0 N–H and O–H groups in total. The quantitative estimate of drug-likeness (QED) is 0.257. The molecule has 0 radical (unpaired) electrons. The molecular formula is C31H31FO. The van der Waals surface area contributed by atoms with E-state index in [4.69, 9.17) is 4.74 Å². The third-order valence-electron chi connectivity index (χ3n) is 6.15. The van der Waals surface area contributed by atoms with Crippen LogP contribution in [-0.2, 0) is 19.3 Å². The van der Waals surface area contributed by atoms with Crippen molar-refractivity contribution in [1.29, 1.82) is 0 Å². The molecule has 0 aliphatic rings. The summed E-state index contributed by atoms with van der Waals surface area (Å²) in [5.74, 6) is 0.539. The highest BCUT2D eigenvalue weighted by Gasteiger charge is 2.07. The van der Waals surface area contributed by atoms with E-state index in [2.05, 4.69) is 85.8 Å². The van der Waals surface area contributed by atoms with Gasteiger partial charge in [0, 0.05) is 0 Å². The Kier molecular flexibility index (Phi) is 7.57. The zero-order chi connectivity index (χ0) is 23.0. The second kappa shape index (κ2) is 11.0. The molecule has 1 atom stereocenters. The molecule has 2 heteroatoms. The van der Waals surface area contributed by atoms with E-state index in [0.717, 1.165) is 24.8 Å². The van der Waals surface area contributed by atoms with Gasteiger partial charge in [0.2, 0.25) is 0 Å². The van der Waals surface area contributed by atoms with E-state index in [1.165, 1.54) is 27.8 Å². The van der Waals surface area contributed by atoms with Gasteiger partial charge in [0.05, 0.1) is 6.61 Å². The minimum absolute atomic E-state index is 0.286. The lowest BCUT2D eigenvalue weighted by Gasteiger charge is -2.12. The minimum Gasteiger partial charge on any atom is -0.491 e. The zero-order valence-electron chi connectivity index (χ0n) is 19.4. The number of benzene rings is 4. The molecule has 0 heterocycles. The normalized spacial score (nSPS) is 11.8. The second-order valence-electron chi connectivity index (χ2n) is 8.61. The number of aryl methyl sites for hydroxylation is 2. The largest absolute Gasteiger partial charge is 0.491 e. The third-order valence-corrected chi connectivity index (χ3v) is 6.15. The van der Waals surface area contributed by atoms with E-state index < -0.39 is 0 Å². The van der Waals surface area contributed by atoms with Crippen LogP contribution in [-0.4, -0.2) is 6.61 Å². The van der Waals surface area contributed by atoms with Crippen molar-refractivity contribution in [2.75, 3.05) is 6.61 Å². The average molecular weight is 439 g/mol. The van der Waals surface area contributed by atoms with Crippen LogP contribution >= 0.6 is 0 Å². The van der Waals surface area contributed by atoms with Crippen molar-refractivity contribution in [3.05, 3.63) is 125 Å². The summed E-state index contributed by atoms with van der Waals surface area (Å²) in [6.07, 6.45) is 2.72. The Morgan fingerprint density at radius 3 is 1.88 bits per heavy atom. The van der Waals surface area contributed by atoms with Gasteiger partial charge in [0.25, 0.3) is 0 Å². The van der Waals surface area contributed by atoms with Gasteiger partial charge in [-0.2, -0.15) is 0 Å². The Morgan fingerprint density at radius 2 is 1.27 bits per heavy atom. The maximum atomic E-state index is 14.1. The first-order valence-corrected chi connectivity index (χ1v) is 11.8. The molecule has 0 aliphatic carbocycles. The van der Waals surface area contributed by atoms with Crippen molar-refractivity contribution in [3.63, 3.8) is 0 Å². The Bertz CT molecular complexity index is 1150. The summed E-state index contributed by atoms with van der Waals surface area (Å²) in [6, 6.07) is 33.5. The molecule has 0 fully saturated rings. The minimum atomic E-state index is -0.286. The maximum absolute atomic E-state index is 14.1. The Balaban J connectivity index is 1.34. The first kappa shape index (κ1) is 22.8. The first-order chi connectivity index (χ1) is 16.1. The standard InChI is InChI=1S/C31H31FO/c1-3-33-31-20-15-26(22-30(31)32)10-9-24-11-16-28(17-12-24)29-18-13-25(14-19-29)21-23(2)27-7-5-4-6-8-27/h4-8,11-20,22-23H,3,9-10,21H2,1-2H3/t23-/m1/s1. The van der Waals surface area contributed by atoms with Crippen LogP contribution in [0.3, 0.4) is 0 Å². The maximum Gasteiger partial charge on any atom is 0.165 e. The van der Waals surface area contributed by atoms with Crippen molar-refractivity contribution in [1.82, 2.24) is 0 Å². The van der Waals surface area contributed by atoms with Crippen LogP contribution in [0.25, 0.3) is 11.1 Å². The molecule has 168 valence electrons. The molecule has 4 aromatic carbocycles. The second-order valence-corrected chi connectivity index (χ2v) is 8.61. The Morgan fingerprint density at radius 1 is 0.697 bits per heavy atom. The van der Waals surface area contributed by atoms with Crippen molar-refractivity contribution in [2.45, 2.75) is 39.0 Å². The number of ether oxygens (including phenoxy) is 1. The van der Waals surface area contributed by atoms with Gasteiger partial charge in [0.15, 0.2) is 11.6 Å². The third kappa shape index (κ3) is 6.10. The summed E-state index contributed by atoms with van der Waals surface area (Å²) in [6.45, 7) is 4.61. The van der Waals surface area contributed by atoms with Crippen LogP contribution in [0.5, 0.6) is 5.75 Å². The van der Waals surface area contributed by atoms with Gasteiger partial charge in [0.1, 0.15) is 0 Å². The zero-order valence-corrected chi connectivity index (χ0v) is 19.4. The van der Waals surface area contributed by atoms with Gasteiger partial charge in [-0.1, -0.05) is 91.9 Å². The Labute approximate surface area is 196 Å². The number of hydrogen-bond donors (Lipinski definition) is 0. The molecule has 0 saturated heterocycles. The molecule has 1 nitrogen and oxygen atoms in total. The SMILES string of the molecule is CCOc1ccc(CCc2ccc(-c3ccc(C[C@@H](C)c4ccccc4)cc3)cc2)cc1F. The molecule has 0 bridgehead atoms. The smallest absolute Gasteiger partial charge is 0.165 e. The summed E-state index contributed by atoms with van der Waals surface area (Å²) in [5.41, 5.74) is 7.42. The van der Waals surface area contributed by atoms with Crippen molar-refractivity contribution < 1.29 is 9.13 Å². The monoisotopic (exact) mass is 438 g/mol. The van der Waals surface area contributed by atoms with Crippen molar-refractivity contribution >= 4 is 0 Å². The highest BCUT2D eigenvalue weighted by molar-refractivity contribution is 5.64. The molecule has 0 aliphatic heterocycles. The van der Waals surface area contributed by atoms with Crippen LogP contribution in [0.1, 0.15) is 42.0 Å². The number of hydrogen-bond acceptors (Lipinski definition) is 1. The molecule has 0 unspecified atom stereocenters. The molecule has 0 spiro atoms. The molecule has 0 aromatic heterocycles. The highest BCUT2D eigenvalue weighted by Crippen LogP contribution is 2.25. The van der Waals surface area contributed by atoms with Gasteiger partial charge in [-0.3, -0.25) is 0 Å². The van der Waals surface area contributed by atoms with E-state index in [1.54, 1.807) is 12.1 Å². The average Bonchev–Trinajstić information content (AvgIpc) is 2.86. The van der Waals surface area contributed by atoms with Crippen LogP contribution in [0.2, 0.25) is 0 Å². The fraction of sp³-hybridized carbons (Fsp3) is 0.226. The highest BCUT2D eigenvalue weighted by atomic mass is 19.1. The van der Waals surface area contributed by atoms with Gasteiger partial charge in [-0.05, 0) is 77.6 Å². The summed E-state index contributed by atoms with van der Waals surface area (Å²) in [7, 11) is 0. The predicted molar refractivity (Wildman–Crippen MR) is 135 cm³/mol. The topological polar surface area (TPSA) is 9.23 Å². The summed E-state index contributed by atoms with van der Waals surface area (Å²) >= 11 is 0. The lowest BCUT2D eigenvalue weighted by Crippen LogP contribution is -1.98. The lowest BCUT2D eigenvalue weighted by molar-refractivity contribution is 0.321. The van der Waals surface area contributed by atoms with Gasteiger partial charge in [-0.15, -0.1) is 0 Å². The van der Waals surface area contributed by atoms with Crippen molar-refractivity contribution in [3.8, 4) is 16.9 Å². The van der Waals surface area contributed by atoms with E-state index in [1.807, 2.05) is 13.0 Å². The van der Waals surface area contributed by atoms with Gasteiger partial charge >= 0.3 is 0 Å². The number of rotatable bonds is 9. The summed E-state index contributed by atoms with van der Waals surface area (Å²) in [5, 5.41) is 0. The van der Waals surface area contributed by atoms with Crippen LogP contribution in [0, 0.1) is 5.82 Å².